The molecular formula is C11H12BrN6O3P. The Hall–Kier alpha value is -1.61. The molecule has 0 saturated carbocycles. The molecule has 0 aliphatic heterocycles. The van der Waals surface area contributed by atoms with E-state index in [1.165, 1.54) is 0 Å². The second-order valence-electron chi connectivity index (χ2n) is 4.74. The van der Waals surface area contributed by atoms with Crippen LogP contribution in [0.25, 0.3) is 5.65 Å². The van der Waals surface area contributed by atoms with Gasteiger partial charge >= 0.3 is 7.60 Å². The maximum Gasteiger partial charge on any atom is 0.333 e. The fourth-order valence-corrected chi connectivity index (χ4v) is 4.05. The summed E-state index contributed by atoms with van der Waals surface area (Å²) in [5.41, 5.74) is 0.243. The van der Waals surface area contributed by atoms with Gasteiger partial charge in [0.15, 0.2) is 5.82 Å². The van der Waals surface area contributed by atoms with E-state index in [0.29, 0.717) is 27.9 Å². The van der Waals surface area contributed by atoms with Gasteiger partial charge in [-0.15, -0.1) is 10.2 Å². The van der Waals surface area contributed by atoms with Crippen LogP contribution in [0.1, 0.15) is 23.5 Å². The van der Waals surface area contributed by atoms with Crippen LogP contribution in [0.15, 0.2) is 29.1 Å². The zero-order valence-electron chi connectivity index (χ0n) is 11.2. The normalized spacial score (nSPS) is 13.6. The molecule has 9 nitrogen and oxygen atoms in total. The maximum atomic E-state index is 11.9. The second kappa shape index (κ2) is 5.88. The first-order chi connectivity index (χ1) is 10.4. The van der Waals surface area contributed by atoms with Crippen LogP contribution < -0.4 is 0 Å². The fourth-order valence-electron chi connectivity index (χ4n) is 2.26. The molecule has 3 N–H and O–H groups in total. The van der Waals surface area contributed by atoms with Crippen LogP contribution >= 0.6 is 23.5 Å². The summed E-state index contributed by atoms with van der Waals surface area (Å²) in [5, 5.41) is 13.4. The van der Waals surface area contributed by atoms with Gasteiger partial charge in [0.25, 0.3) is 0 Å². The van der Waals surface area contributed by atoms with Crippen molar-refractivity contribution in [1.82, 2.24) is 30.0 Å². The standard InChI is InChI=1S/C11H12BrN6O3P/c12-8-5-11-13-3-4-18(11)6-7(8)9(22(19,20)21)1-2-10-14-16-17-15-10/h3-6,9H,1-2H2,(H2,19,20,21)(H,14,15,16,17). The van der Waals surface area contributed by atoms with E-state index in [9.17, 15) is 14.4 Å². The molecule has 0 radical (unpaired) electrons. The number of tetrazole rings is 1. The molecule has 22 heavy (non-hydrogen) atoms. The molecule has 0 bridgehead atoms. The van der Waals surface area contributed by atoms with Gasteiger partial charge in [0.2, 0.25) is 0 Å². The molecule has 3 heterocycles. The van der Waals surface area contributed by atoms with Crippen molar-refractivity contribution in [3.8, 4) is 0 Å². The van der Waals surface area contributed by atoms with Crippen molar-refractivity contribution in [2.45, 2.75) is 18.5 Å². The molecule has 0 aromatic carbocycles. The summed E-state index contributed by atoms with van der Waals surface area (Å²) in [6.45, 7) is 0. The number of hydrogen-bond acceptors (Lipinski definition) is 5. The Bertz CT molecular complexity index is 830. The lowest BCUT2D eigenvalue weighted by atomic mass is 10.1. The predicted molar refractivity (Wildman–Crippen MR) is 80.2 cm³/mol. The van der Waals surface area contributed by atoms with Crippen LogP contribution in [0, 0.1) is 0 Å². The third-order valence-corrected chi connectivity index (χ3v) is 5.34. The molecule has 3 aromatic rings. The Kier molecular flexibility index (Phi) is 4.09. The van der Waals surface area contributed by atoms with Gasteiger partial charge in [0.1, 0.15) is 5.65 Å². The minimum Gasteiger partial charge on any atom is -0.324 e. The van der Waals surface area contributed by atoms with Crippen LogP contribution in [0.2, 0.25) is 0 Å². The number of nitrogens with zero attached hydrogens (tertiary/aromatic N) is 5. The highest BCUT2D eigenvalue weighted by Crippen LogP contribution is 2.55. The summed E-state index contributed by atoms with van der Waals surface area (Å²) < 4.78 is 14.2. The summed E-state index contributed by atoms with van der Waals surface area (Å²) in [5.74, 6) is 0.415. The van der Waals surface area contributed by atoms with E-state index in [1.54, 1.807) is 29.1 Å². The van der Waals surface area contributed by atoms with Crippen LogP contribution in [0.5, 0.6) is 0 Å². The summed E-state index contributed by atoms with van der Waals surface area (Å²) in [6.07, 6.45) is 5.52. The highest BCUT2D eigenvalue weighted by Gasteiger charge is 2.32. The third-order valence-electron chi connectivity index (χ3n) is 3.30. The highest BCUT2D eigenvalue weighted by atomic mass is 79.9. The average molecular weight is 387 g/mol. The van der Waals surface area contributed by atoms with Gasteiger partial charge in [0.05, 0.1) is 5.66 Å². The van der Waals surface area contributed by atoms with Gasteiger partial charge in [-0.3, -0.25) is 4.57 Å². The monoisotopic (exact) mass is 386 g/mol. The molecule has 0 spiro atoms. The van der Waals surface area contributed by atoms with Gasteiger partial charge in [-0.1, -0.05) is 21.1 Å². The number of hydrogen-bond donors (Lipinski definition) is 3. The maximum absolute atomic E-state index is 11.9. The first kappa shape index (κ1) is 15.3. The number of aromatic nitrogens is 6. The summed E-state index contributed by atoms with van der Waals surface area (Å²) in [4.78, 5) is 23.6. The molecule has 0 amide bonds. The number of nitrogens with one attached hydrogen (secondary N) is 1. The minimum absolute atomic E-state index is 0.197. The lowest BCUT2D eigenvalue weighted by molar-refractivity contribution is 0.355. The van der Waals surface area contributed by atoms with Crippen molar-refractivity contribution in [3.05, 3.63) is 40.5 Å². The van der Waals surface area contributed by atoms with Gasteiger partial charge in [0, 0.05) is 29.5 Å². The van der Waals surface area contributed by atoms with E-state index in [0.717, 1.165) is 0 Å². The third kappa shape index (κ3) is 3.09. The Balaban J connectivity index is 1.96. The number of imidazole rings is 1. The van der Waals surface area contributed by atoms with Crippen molar-refractivity contribution in [1.29, 1.82) is 0 Å². The van der Waals surface area contributed by atoms with Crippen molar-refractivity contribution >= 4 is 29.2 Å². The quantitative estimate of drug-likeness (QED) is 0.565. The number of rotatable bonds is 5. The molecule has 1 unspecified atom stereocenters. The summed E-state index contributed by atoms with van der Waals surface area (Å²) in [6, 6.07) is 1.73. The van der Waals surface area contributed by atoms with E-state index >= 15 is 0 Å². The van der Waals surface area contributed by atoms with Gasteiger partial charge in [-0.05, 0) is 18.1 Å². The Morgan fingerprint density at radius 1 is 1.45 bits per heavy atom. The second-order valence-corrected chi connectivity index (χ2v) is 7.40. The molecule has 0 aliphatic rings. The number of halogens is 1. The van der Waals surface area contributed by atoms with Crippen molar-refractivity contribution < 1.29 is 14.4 Å². The Morgan fingerprint density at radius 2 is 2.27 bits per heavy atom. The molecule has 11 heteroatoms. The zero-order valence-corrected chi connectivity index (χ0v) is 13.6. The van der Waals surface area contributed by atoms with Crippen molar-refractivity contribution in [2.24, 2.45) is 0 Å². The van der Waals surface area contributed by atoms with Crippen LogP contribution in [-0.2, 0) is 11.0 Å². The van der Waals surface area contributed by atoms with E-state index in [4.69, 9.17) is 0 Å². The first-order valence-corrected chi connectivity index (χ1v) is 8.82. The largest absolute Gasteiger partial charge is 0.333 e. The van der Waals surface area contributed by atoms with Crippen LogP contribution in [0.3, 0.4) is 0 Å². The van der Waals surface area contributed by atoms with Crippen LogP contribution in [-0.4, -0.2) is 39.8 Å². The minimum atomic E-state index is -4.35. The molecule has 0 fully saturated rings. The molecular weight excluding hydrogens is 375 g/mol. The highest BCUT2D eigenvalue weighted by molar-refractivity contribution is 9.10. The van der Waals surface area contributed by atoms with E-state index in [-0.39, 0.29) is 6.42 Å². The number of aromatic amines is 1. The molecule has 1 atom stereocenters. The Labute approximate surface area is 133 Å². The lowest BCUT2D eigenvalue weighted by Crippen LogP contribution is -2.05. The molecule has 0 saturated heterocycles. The van der Waals surface area contributed by atoms with E-state index in [1.807, 2.05) is 0 Å². The average Bonchev–Trinajstić information content (AvgIpc) is 3.08. The topological polar surface area (TPSA) is 129 Å². The Morgan fingerprint density at radius 3 is 2.95 bits per heavy atom. The number of fused-ring (bicyclic) bond motifs is 1. The smallest absolute Gasteiger partial charge is 0.324 e. The van der Waals surface area contributed by atoms with Gasteiger partial charge in [-0.25, -0.2) is 4.98 Å². The molecule has 0 aliphatic carbocycles. The van der Waals surface area contributed by atoms with E-state index in [2.05, 4.69) is 41.5 Å². The van der Waals surface area contributed by atoms with Gasteiger partial charge in [-0.2, -0.15) is 5.21 Å². The predicted octanol–water partition coefficient (Wildman–Crippen LogP) is 1.46. The number of pyridine rings is 1. The zero-order chi connectivity index (χ0) is 15.7. The lowest BCUT2D eigenvalue weighted by Gasteiger charge is -2.19. The summed E-state index contributed by atoms with van der Waals surface area (Å²) >= 11 is 3.37. The summed E-state index contributed by atoms with van der Waals surface area (Å²) in [7, 11) is -4.35. The molecule has 3 aromatic heterocycles. The fraction of sp³-hybridized carbons (Fsp3) is 0.273. The van der Waals surface area contributed by atoms with Crippen molar-refractivity contribution in [2.75, 3.05) is 0 Å². The number of H-pyrrole nitrogens is 1. The van der Waals surface area contributed by atoms with Crippen molar-refractivity contribution in [3.63, 3.8) is 0 Å². The first-order valence-electron chi connectivity index (χ1n) is 6.35. The van der Waals surface area contributed by atoms with Crippen LogP contribution in [0.4, 0.5) is 0 Å². The molecule has 116 valence electrons. The number of aryl methyl sites for hydroxylation is 1. The van der Waals surface area contributed by atoms with E-state index < -0.39 is 13.3 Å². The SMILES string of the molecule is O=P(O)(O)C(CCc1nn[nH]n1)c1cn2ccnc2cc1Br. The molecule has 3 rings (SSSR count). The van der Waals surface area contributed by atoms with Gasteiger partial charge < -0.3 is 14.2 Å².